The molecule has 0 bridgehead atoms. The minimum atomic E-state index is -0.415. The van der Waals surface area contributed by atoms with Crippen molar-refractivity contribution in [3.63, 3.8) is 0 Å². The summed E-state index contributed by atoms with van der Waals surface area (Å²) in [6.45, 7) is 1.83. The highest BCUT2D eigenvalue weighted by atomic mass is 16.5. The molecule has 0 amide bonds. The Bertz CT molecular complexity index is 8240. The van der Waals surface area contributed by atoms with Crippen LogP contribution in [0, 0.1) is 0 Å². The van der Waals surface area contributed by atoms with Gasteiger partial charge in [0.15, 0.2) is 0 Å². The molecular weight excluding hydrogens is 1070 g/mol. The lowest BCUT2D eigenvalue weighted by molar-refractivity contribution is 0.112. The van der Waals surface area contributed by atoms with Crippen LogP contribution in [0.1, 0.15) is 55.3 Å². The van der Waals surface area contributed by atoms with Gasteiger partial charge < -0.3 is 9.47 Å². The topological polar surface area (TPSA) is 38.8 Å². The van der Waals surface area contributed by atoms with Gasteiger partial charge in [0.05, 0.1) is 10.8 Å². The fraction of sp³-hybridized carbons (Fsp3) is 0.0833. The monoisotopic (exact) mass is 1090 g/mol. The smallest absolute Gasteiger partial charge is 0.150 e. The molecule has 1 unspecified atom stereocenters. The Kier molecular flexibility index (Phi) is 3.79. The van der Waals surface area contributed by atoms with Crippen LogP contribution in [-0.4, -0.2) is 24.8 Å². The van der Waals surface area contributed by atoms with Gasteiger partial charge in [-0.3, -0.25) is 9.69 Å². The second kappa shape index (κ2) is 9.18. The zero-order valence-electron chi connectivity index (χ0n) is 45.9. The molecule has 1 aliphatic heterocycles. The molecule has 0 aromatic heterocycles. The predicted molar refractivity (Wildman–Crippen MR) is 363 cm³/mol. The third-order valence-electron chi connectivity index (χ3n) is 29.0. The van der Waals surface area contributed by atoms with Crippen molar-refractivity contribution in [2.75, 3.05) is 13.6 Å². The quantitative estimate of drug-likeness (QED) is 0.112. The molecule has 4 aliphatic carbocycles. The minimum absolute atomic E-state index is 0.0516. The van der Waals surface area contributed by atoms with Crippen molar-refractivity contribution in [2.24, 2.45) is 0 Å². The van der Waals surface area contributed by atoms with Crippen LogP contribution in [0.25, 0.3) is 291 Å². The van der Waals surface area contributed by atoms with E-state index in [0.717, 1.165) is 35.5 Å². The number of hydrogen-bond acceptors (Lipinski definition) is 4. The summed E-state index contributed by atoms with van der Waals surface area (Å²) in [7, 11) is 2.55. The third kappa shape index (κ3) is 2.31. The van der Waals surface area contributed by atoms with Crippen molar-refractivity contribution >= 4 is 297 Å². The van der Waals surface area contributed by atoms with Gasteiger partial charge in [0.1, 0.15) is 31.0 Å². The van der Waals surface area contributed by atoms with Crippen LogP contribution in [0.5, 0.6) is 11.5 Å². The van der Waals surface area contributed by atoms with Gasteiger partial charge in [0, 0.05) is 18.2 Å². The maximum atomic E-state index is 11.4. The molecule has 4 nitrogen and oxygen atoms in total. The summed E-state index contributed by atoms with van der Waals surface area (Å²) in [5.74, 6) is 1.63. The number of rotatable bonds is 8. The highest BCUT2D eigenvalue weighted by Crippen LogP contribution is 2.87. The van der Waals surface area contributed by atoms with E-state index in [4.69, 9.17) is 9.47 Å². The number of benzene rings is 21. The van der Waals surface area contributed by atoms with Gasteiger partial charge in [0.25, 0.3) is 0 Å². The van der Waals surface area contributed by atoms with Crippen molar-refractivity contribution < 1.29 is 14.3 Å². The van der Waals surface area contributed by atoms with Crippen LogP contribution in [-0.2, 0) is 24.0 Å². The lowest BCUT2D eigenvalue weighted by Crippen LogP contribution is -2.51. The molecule has 5 aliphatic rings. The van der Waals surface area contributed by atoms with Crippen molar-refractivity contribution in [2.45, 2.75) is 30.1 Å². The fourth-order valence-corrected chi connectivity index (χ4v) is 28.1. The highest BCUT2D eigenvalue weighted by Gasteiger charge is 2.76. The molecule has 31 aromatic rings. The van der Waals surface area contributed by atoms with Gasteiger partial charge >= 0.3 is 0 Å². The molecule has 0 saturated carbocycles. The van der Waals surface area contributed by atoms with Crippen LogP contribution >= 0.6 is 0 Å². The number of likely N-dealkylation sites (N-methyl/N-ethyl adjacent to an activating group) is 1. The Morgan fingerprint density at radius 1 is 0.330 bits per heavy atom. The SMILES string of the molecule is CN1CC23c4c5c6c7c8c9c(c%10c%11c2c2c4c4c%12c5c5c6c6c8c8c%13c9c9c%10c%10c%11c%11c2c2c4c4c%12c%12c5c5c6c8c6c8c%13c9c9c%10c%10c%11c2c2c4c4c%12c5c6c5c8c9c%10c2c45)C73C1c1ccc(OCc2ccccc2COc2ccc(C=O)cc2)cc1. The van der Waals surface area contributed by atoms with Crippen LogP contribution in [0.3, 0.4) is 0 Å². The fourth-order valence-electron chi connectivity index (χ4n) is 28.1. The van der Waals surface area contributed by atoms with E-state index in [-0.39, 0.29) is 11.5 Å². The Morgan fingerprint density at radius 3 is 0.830 bits per heavy atom. The number of hydrogen-bond donors (Lipinski definition) is 0. The molecule has 36 rings (SSSR count). The first-order valence-electron chi connectivity index (χ1n) is 32.1. The normalized spacial score (nSPS) is 21.3. The van der Waals surface area contributed by atoms with E-state index in [1.54, 1.807) is 313 Å². The second-order valence-electron chi connectivity index (χ2n) is 30.4. The molecule has 88 heavy (non-hydrogen) atoms. The van der Waals surface area contributed by atoms with Gasteiger partial charge in [-0.15, -0.1) is 0 Å². The number of carbonyl (C=O) groups excluding carboxylic acids is 1. The van der Waals surface area contributed by atoms with E-state index in [2.05, 4.69) is 60.5 Å². The number of likely N-dealkylation sites (tertiary alicyclic amines) is 1. The second-order valence-corrected chi connectivity index (χ2v) is 30.4. The Hall–Kier alpha value is -10.7. The third-order valence-corrected chi connectivity index (χ3v) is 29.0. The Morgan fingerprint density at radius 2 is 0.568 bits per heavy atom. The maximum Gasteiger partial charge on any atom is 0.150 e. The molecule has 1 heterocycles. The van der Waals surface area contributed by atoms with Gasteiger partial charge in [-0.2, -0.15) is 0 Å². The first kappa shape index (κ1) is 36.4. The molecule has 1 atom stereocenters. The lowest BCUT2D eigenvalue weighted by Gasteiger charge is -2.52. The van der Waals surface area contributed by atoms with E-state index in [0.29, 0.717) is 18.8 Å². The average molecular weight is 1090 g/mol. The minimum Gasteiger partial charge on any atom is -0.489 e. The Balaban J connectivity index is 0.789. The van der Waals surface area contributed by atoms with E-state index in [1.807, 2.05) is 24.3 Å². The zero-order chi connectivity index (χ0) is 53.8. The number of aldehydes is 1. The first-order chi connectivity index (χ1) is 43.7. The molecule has 382 valence electrons. The van der Waals surface area contributed by atoms with Crippen molar-refractivity contribution in [1.82, 2.24) is 4.90 Å². The van der Waals surface area contributed by atoms with Gasteiger partial charge in [-0.1, -0.05) is 36.4 Å². The van der Waals surface area contributed by atoms with Crippen molar-refractivity contribution in [3.8, 4) is 11.5 Å². The lowest BCUT2D eigenvalue weighted by atomic mass is 9.47. The molecule has 31 aromatic carbocycles. The first-order valence-corrected chi connectivity index (χ1v) is 32.1. The van der Waals surface area contributed by atoms with Crippen LogP contribution in [0.15, 0.2) is 72.8 Å². The predicted octanol–water partition coefficient (Wildman–Crippen LogP) is 21.0. The summed E-state index contributed by atoms with van der Waals surface area (Å²) in [6, 6.07) is 25.5. The van der Waals surface area contributed by atoms with E-state index < -0.39 is 5.41 Å². The summed E-state index contributed by atoms with van der Waals surface area (Å²) < 4.78 is 13.2. The summed E-state index contributed by atoms with van der Waals surface area (Å²) in [5, 5.41) is 88.7. The highest BCUT2D eigenvalue weighted by molar-refractivity contribution is 6.82. The van der Waals surface area contributed by atoms with Crippen LogP contribution in [0.2, 0.25) is 0 Å². The van der Waals surface area contributed by atoms with Gasteiger partial charge in [-0.25, -0.2) is 0 Å². The number of ether oxygens (including phenoxy) is 2. The van der Waals surface area contributed by atoms with Crippen molar-refractivity contribution in [3.05, 3.63) is 117 Å². The van der Waals surface area contributed by atoms with Gasteiger partial charge in [-0.05, 0) is 373 Å². The zero-order valence-corrected chi connectivity index (χ0v) is 45.9. The molecule has 0 radical (unpaired) electrons. The number of carbonyl (C=O) groups is 1. The van der Waals surface area contributed by atoms with E-state index in [1.165, 1.54) is 5.56 Å². The summed E-state index contributed by atoms with van der Waals surface area (Å²) in [6.07, 6.45) is 0.872. The summed E-state index contributed by atoms with van der Waals surface area (Å²) in [5.41, 5.74) is 10.4. The molecule has 4 heteroatoms. The number of nitrogens with zero attached hydrogens (tertiary/aromatic N) is 1. The standard InChI is InChI=1S/C84H23NO3/c1-85-17-83-78-70-62-52-42-34-26-24-25-28-32-30(26)38-46-40(32)50-44-36(28)37-29(25)33-31-27(24)35(34)43-49-39(31)47-41(33)51-45(37)55-54(44)66-60(50)68-58(46)64(56(62)48(38)42)72(78)74(68)80-76(66)77-67(55)61(51)69-59(47)65-57(49)63(53(43)52)71(70)79(83)73(65)75(69)81(77)84(80,83)82(85)19-8-12-23(13-9-19)88-16-21-5-3-2-4-20(21)15-87-22-10-6-18(14-86)7-11-22/h2-14,82H,15-17H2,1H3. The average Bonchev–Trinajstić information content (AvgIpc) is 1.38. The molecular formula is C84H23NO3. The van der Waals surface area contributed by atoms with Crippen LogP contribution < -0.4 is 9.47 Å². The van der Waals surface area contributed by atoms with E-state index in [9.17, 15) is 4.79 Å². The maximum absolute atomic E-state index is 11.4. The van der Waals surface area contributed by atoms with Gasteiger partial charge in [0.2, 0.25) is 0 Å². The molecule has 0 N–H and O–H groups in total. The Labute approximate surface area is 485 Å². The van der Waals surface area contributed by atoms with E-state index >= 15 is 0 Å². The molecule has 1 fully saturated rings. The largest absolute Gasteiger partial charge is 0.489 e. The molecule has 1 saturated heterocycles. The van der Waals surface area contributed by atoms with Crippen molar-refractivity contribution in [1.29, 1.82) is 0 Å². The summed E-state index contributed by atoms with van der Waals surface area (Å²) in [4.78, 5) is 14.3. The summed E-state index contributed by atoms with van der Waals surface area (Å²) >= 11 is 0. The van der Waals surface area contributed by atoms with Crippen LogP contribution in [0.4, 0.5) is 0 Å². The molecule has 2 spiro atoms.